The van der Waals surface area contributed by atoms with E-state index in [0.29, 0.717) is 0 Å². The highest BCUT2D eigenvalue weighted by molar-refractivity contribution is 7.37. The van der Waals surface area contributed by atoms with Gasteiger partial charge in [0.25, 0.3) is 0 Å². The molecule has 0 aromatic rings. The molecule has 0 aromatic heterocycles. The minimum absolute atomic E-state index is 0.818. The largest absolute Gasteiger partial charge is 0.122 e. The predicted molar refractivity (Wildman–Crippen MR) is 77.8 cm³/mol. The van der Waals surface area contributed by atoms with Crippen LogP contribution >= 0.6 is 8.58 Å². The van der Waals surface area contributed by atoms with E-state index in [1.165, 1.54) is 32.1 Å². The van der Waals surface area contributed by atoms with Gasteiger partial charge in [-0.2, -0.15) is 0 Å². The molecule has 0 radical (unpaired) electrons. The molecular weight excluding hydrogens is 211 g/mol. The average Bonchev–Trinajstić information content (AvgIpc) is 2.70. The van der Waals surface area contributed by atoms with Crippen LogP contribution in [-0.2, 0) is 0 Å². The van der Waals surface area contributed by atoms with Crippen LogP contribution in [0.5, 0.6) is 0 Å². The van der Waals surface area contributed by atoms with E-state index in [0.717, 1.165) is 26.1 Å². The van der Waals surface area contributed by atoms with Gasteiger partial charge in [-0.25, -0.2) is 0 Å². The van der Waals surface area contributed by atoms with Gasteiger partial charge in [0.05, 0.1) is 0 Å². The molecule has 0 amide bonds. The van der Waals surface area contributed by atoms with E-state index >= 15 is 0 Å². The first-order valence-electron chi connectivity index (χ1n) is 7.00. The molecule has 1 aliphatic carbocycles. The molecule has 0 saturated heterocycles. The van der Waals surface area contributed by atoms with Gasteiger partial charge in [-0.15, -0.1) is 8.58 Å². The monoisotopic (exact) mass is 240 g/mol. The summed E-state index contributed by atoms with van der Waals surface area (Å²) in [5.41, 5.74) is 4.54. The maximum atomic E-state index is 2.46. The fourth-order valence-corrected chi connectivity index (χ4v) is 3.70. The van der Waals surface area contributed by atoms with Crippen molar-refractivity contribution in [3.05, 3.63) is 11.1 Å². The Morgan fingerprint density at radius 2 is 2.12 bits per heavy atom. The Morgan fingerprint density at radius 1 is 1.44 bits per heavy atom. The lowest BCUT2D eigenvalue weighted by Gasteiger charge is -2.25. The van der Waals surface area contributed by atoms with E-state index in [4.69, 9.17) is 0 Å². The smallest absolute Gasteiger partial charge is 0.0166 e. The third-order valence-corrected chi connectivity index (χ3v) is 5.78. The van der Waals surface area contributed by atoms with Crippen molar-refractivity contribution in [3.63, 3.8) is 0 Å². The van der Waals surface area contributed by atoms with E-state index < -0.39 is 0 Å². The number of hydrogen-bond donors (Lipinski definition) is 0. The summed E-state index contributed by atoms with van der Waals surface area (Å²) in [5.74, 6) is 1.69. The van der Waals surface area contributed by atoms with Crippen molar-refractivity contribution >= 4 is 8.58 Å². The molecule has 1 rings (SSSR count). The summed E-state index contributed by atoms with van der Waals surface area (Å²) in [6, 6.07) is 0. The molecule has 1 aliphatic rings. The van der Waals surface area contributed by atoms with Gasteiger partial charge < -0.3 is 0 Å². The summed E-state index contributed by atoms with van der Waals surface area (Å²) in [6.45, 7) is 12.0. The van der Waals surface area contributed by atoms with E-state index in [2.05, 4.69) is 34.4 Å². The second-order valence-electron chi connectivity index (χ2n) is 5.46. The van der Waals surface area contributed by atoms with Crippen LogP contribution in [0.2, 0.25) is 0 Å². The molecule has 16 heavy (non-hydrogen) atoms. The van der Waals surface area contributed by atoms with E-state index in [-0.39, 0.29) is 0 Å². The van der Waals surface area contributed by atoms with E-state index in [1.54, 1.807) is 0 Å². The summed E-state index contributed by atoms with van der Waals surface area (Å²) in [7, 11) is 1.08. The Kier molecular flexibility index (Phi) is 6.05. The third-order valence-electron chi connectivity index (χ3n) is 4.36. The van der Waals surface area contributed by atoms with Gasteiger partial charge in [-0.1, -0.05) is 45.3 Å². The first kappa shape index (κ1) is 14.2. The summed E-state index contributed by atoms with van der Waals surface area (Å²) in [5, 5.41) is 0. The van der Waals surface area contributed by atoms with Gasteiger partial charge in [0, 0.05) is 0 Å². The minimum atomic E-state index is 0.818. The third kappa shape index (κ3) is 3.33. The molecule has 0 aromatic carbocycles. The molecular formula is C15H29P. The molecule has 1 fully saturated rings. The Morgan fingerprint density at radius 3 is 2.56 bits per heavy atom. The highest BCUT2D eigenvalue weighted by Gasteiger charge is 2.24. The molecule has 94 valence electrons. The molecule has 4 atom stereocenters. The molecule has 2 unspecified atom stereocenters. The van der Waals surface area contributed by atoms with Crippen LogP contribution in [0.15, 0.2) is 11.1 Å². The maximum Gasteiger partial charge on any atom is -0.0166 e. The van der Waals surface area contributed by atoms with Gasteiger partial charge >= 0.3 is 0 Å². The SMILES string of the molecule is CCCC(=C1CCCC1C)[C@@H](C)[C@@H](C)PC. The van der Waals surface area contributed by atoms with E-state index in [9.17, 15) is 0 Å². The van der Waals surface area contributed by atoms with Crippen LogP contribution in [0.3, 0.4) is 0 Å². The zero-order valence-corrected chi connectivity index (χ0v) is 12.8. The highest BCUT2D eigenvalue weighted by atomic mass is 31.1. The summed E-state index contributed by atoms with van der Waals surface area (Å²) in [4.78, 5) is 0. The van der Waals surface area contributed by atoms with Crippen molar-refractivity contribution in [2.45, 2.75) is 65.5 Å². The molecule has 0 heterocycles. The zero-order valence-electron chi connectivity index (χ0n) is 11.8. The van der Waals surface area contributed by atoms with Crippen molar-refractivity contribution in [2.24, 2.45) is 11.8 Å². The highest BCUT2D eigenvalue weighted by Crippen LogP contribution is 2.39. The van der Waals surface area contributed by atoms with Gasteiger partial charge in [0.2, 0.25) is 0 Å². The lowest BCUT2D eigenvalue weighted by molar-refractivity contribution is 0.596. The van der Waals surface area contributed by atoms with Crippen LogP contribution in [0.25, 0.3) is 0 Å². The topological polar surface area (TPSA) is 0 Å². The van der Waals surface area contributed by atoms with Crippen molar-refractivity contribution < 1.29 is 0 Å². The van der Waals surface area contributed by atoms with Crippen LogP contribution in [-0.4, -0.2) is 12.3 Å². The Labute approximate surface area is 104 Å². The second-order valence-corrected chi connectivity index (χ2v) is 6.95. The van der Waals surface area contributed by atoms with Crippen molar-refractivity contribution in [1.29, 1.82) is 0 Å². The lowest BCUT2D eigenvalue weighted by atomic mass is 9.86. The van der Waals surface area contributed by atoms with Crippen molar-refractivity contribution in [2.75, 3.05) is 6.66 Å². The lowest BCUT2D eigenvalue weighted by Crippen LogP contribution is -2.14. The fraction of sp³-hybridized carbons (Fsp3) is 0.867. The standard InChI is InChI=1S/C15H29P/c1-6-8-15(12(3)13(4)16-5)14-10-7-9-11(14)2/h11-13,16H,6-10H2,1-5H3/t11?,12-,13+/m0/s1. The van der Waals surface area contributed by atoms with Crippen LogP contribution < -0.4 is 0 Å². The molecule has 0 aliphatic heterocycles. The fourth-order valence-electron chi connectivity index (χ4n) is 3.00. The second kappa shape index (κ2) is 6.80. The molecule has 0 bridgehead atoms. The normalized spacial score (nSPS) is 28.7. The number of hydrogen-bond acceptors (Lipinski definition) is 0. The predicted octanol–water partition coefficient (Wildman–Crippen LogP) is 5.24. The Balaban J connectivity index is 2.88. The van der Waals surface area contributed by atoms with Gasteiger partial charge in [-0.05, 0) is 49.8 Å². The van der Waals surface area contributed by atoms with Gasteiger partial charge in [-0.3, -0.25) is 0 Å². The zero-order chi connectivity index (χ0) is 12.1. The van der Waals surface area contributed by atoms with Crippen LogP contribution in [0, 0.1) is 11.8 Å². The molecule has 0 N–H and O–H groups in total. The van der Waals surface area contributed by atoms with Crippen molar-refractivity contribution in [3.8, 4) is 0 Å². The number of rotatable bonds is 5. The Bertz CT molecular complexity index is 242. The number of allylic oxidation sites excluding steroid dienone is 2. The molecule has 0 nitrogen and oxygen atoms in total. The van der Waals surface area contributed by atoms with Crippen molar-refractivity contribution in [1.82, 2.24) is 0 Å². The maximum absolute atomic E-state index is 2.46. The van der Waals surface area contributed by atoms with E-state index in [1.807, 2.05) is 11.1 Å². The Hall–Kier alpha value is 0.170. The summed E-state index contributed by atoms with van der Waals surface area (Å²) < 4.78 is 0. The molecule has 0 spiro atoms. The van der Waals surface area contributed by atoms with Gasteiger partial charge in [0.1, 0.15) is 0 Å². The summed E-state index contributed by atoms with van der Waals surface area (Å²) >= 11 is 0. The molecule has 1 heteroatoms. The quantitative estimate of drug-likeness (QED) is 0.455. The van der Waals surface area contributed by atoms with Gasteiger partial charge in [0.15, 0.2) is 0 Å². The van der Waals surface area contributed by atoms with Crippen LogP contribution in [0.1, 0.15) is 59.8 Å². The molecule has 1 saturated carbocycles. The summed E-state index contributed by atoms with van der Waals surface area (Å²) in [6.07, 6.45) is 6.91. The van der Waals surface area contributed by atoms with Crippen LogP contribution in [0.4, 0.5) is 0 Å². The first-order chi connectivity index (χ1) is 7.61. The average molecular weight is 240 g/mol. The minimum Gasteiger partial charge on any atom is -0.122 e. The first-order valence-corrected chi connectivity index (χ1v) is 8.58.